The van der Waals surface area contributed by atoms with Gasteiger partial charge in [0, 0.05) is 13.5 Å². The molecule has 0 atom stereocenters. The van der Waals surface area contributed by atoms with Gasteiger partial charge in [0.05, 0.1) is 29.9 Å². The second-order valence-corrected chi connectivity index (χ2v) is 7.72. The van der Waals surface area contributed by atoms with Gasteiger partial charge in [0.15, 0.2) is 11.6 Å². The molecule has 0 radical (unpaired) electrons. The van der Waals surface area contributed by atoms with Crippen LogP contribution in [0.4, 0.5) is 10.1 Å². The number of anilines is 1. The van der Waals surface area contributed by atoms with E-state index in [1.54, 1.807) is 0 Å². The minimum Gasteiger partial charge on any atom is -0.497 e. The molecule has 0 unspecified atom stereocenters. The standard InChI is InChI=1S/C19H21FN2O7S/c1-21-19(25)14-10-12(28-2)5-7-16(14)22-30(26,27)13-6-8-17(15(20)11-13)29-9-3-4-18(23)24/h5-8,10-11,22H,3-4,9H2,1-2H3,(H,21,25)(H,23,24). The lowest BCUT2D eigenvalue weighted by molar-refractivity contribution is -0.137. The maximum atomic E-state index is 14.3. The highest BCUT2D eigenvalue weighted by atomic mass is 32.2. The maximum Gasteiger partial charge on any atom is 0.303 e. The first-order chi connectivity index (χ1) is 14.2. The third kappa shape index (κ3) is 5.83. The van der Waals surface area contributed by atoms with Crippen molar-refractivity contribution in [3.63, 3.8) is 0 Å². The van der Waals surface area contributed by atoms with Crippen LogP contribution in [0.3, 0.4) is 0 Å². The fourth-order valence-electron chi connectivity index (χ4n) is 2.44. The van der Waals surface area contributed by atoms with E-state index in [9.17, 15) is 22.4 Å². The summed E-state index contributed by atoms with van der Waals surface area (Å²) in [7, 11) is -1.42. The molecule has 0 aliphatic rings. The Kier molecular flexibility index (Phi) is 7.59. The summed E-state index contributed by atoms with van der Waals surface area (Å²) in [6.45, 7) is -0.0328. The fourth-order valence-corrected chi connectivity index (χ4v) is 3.53. The number of carbonyl (C=O) groups is 2. The van der Waals surface area contributed by atoms with Crippen molar-refractivity contribution in [2.24, 2.45) is 0 Å². The number of nitrogens with one attached hydrogen (secondary N) is 2. The second kappa shape index (κ2) is 9.92. The van der Waals surface area contributed by atoms with Gasteiger partial charge in [0.25, 0.3) is 15.9 Å². The smallest absolute Gasteiger partial charge is 0.303 e. The van der Waals surface area contributed by atoms with Crippen LogP contribution >= 0.6 is 0 Å². The van der Waals surface area contributed by atoms with Gasteiger partial charge >= 0.3 is 5.97 Å². The number of carboxylic acid groups (broad SMARTS) is 1. The molecule has 162 valence electrons. The molecule has 0 heterocycles. The lowest BCUT2D eigenvalue weighted by Crippen LogP contribution is -2.22. The molecule has 0 bridgehead atoms. The van der Waals surface area contributed by atoms with E-state index in [0.29, 0.717) is 5.75 Å². The number of carbonyl (C=O) groups excluding carboxylic acids is 1. The van der Waals surface area contributed by atoms with Gasteiger partial charge in [-0.2, -0.15) is 0 Å². The number of hydrogen-bond donors (Lipinski definition) is 3. The Morgan fingerprint density at radius 3 is 2.50 bits per heavy atom. The van der Waals surface area contributed by atoms with Crippen molar-refractivity contribution < 1.29 is 37.0 Å². The first-order valence-electron chi connectivity index (χ1n) is 8.75. The van der Waals surface area contributed by atoms with Crippen LogP contribution < -0.4 is 19.5 Å². The lowest BCUT2D eigenvalue weighted by atomic mass is 10.1. The largest absolute Gasteiger partial charge is 0.497 e. The number of aliphatic carboxylic acids is 1. The normalized spacial score (nSPS) is 10.9. The van der Waals surface area contributed by atoms with Crippen molar-refractivity contribution in [3.05, 3.63) is 47.8 Å². The van der Waals surface area contributed by atoms with E-state index in [-0.39, 0.29) is 41.3 Å². The van der Waals surface area contributed by atoms with E-state index < -0.39 is 27.7 Å². The van der Waals surface area contributed by atoms with Crippen LogP contribution in [-0.4, -0.2) is 46.2 Å². The third-order valence-electron chi connectivity index (χ3n) is 3.95. The quantitative estimate of drug-likeness (QED) is 0.483. The zero-order valence-electron chi connectivity index (χ0n) is 16.3. The van der Waals surface area contributed by atoms with Gasteiger partial charge in [-0.25, -0.2) is 12.8 Å². The molecule has 2 aromatic rings. The molecule has 9 nitrogen and oxygen atoms in total. The number of carboxylic acids is 1. The molecular formula is C19H21FN2O7S. The minimum absolute atomic E-state index is 0.00967. The Hall–Kier alpha value is -3.34. The molecule has 0 spiro atoms. The van der Waals surface area contributed by atoms with Crippen LogP contribution in [0.25, 0.3) is 0 Å². The minimum atomic E-state index is -4.22. The molecule has 0 fully saturated rings. The zero-order chi connectivity index (χ0) is 22.3. The molecule has 0 aromatic heterocycles. The van der Waals surface area contributed by atoms with Gasteiger partial charge in [-0.1, -0.05) is 0 Å². The van der Waals surface area contributed by atoms with Crippen LogP contribution in [0.15, 0.2) is 41.3 Å². The zero-order valence-corrected chi connectivity index (χ0v) is 17.1. The monoisotopic (exact) mass is 440 g/mol. The van der Waals surface area contributed by atoms with Crippen LogP contribution in [-0.2, 0) is 14.8 Å². The predicted molar refractivity (Wildman–Crippen MR) is 106 cm³/mol. The van der Waals surface area contributed by atoms with Crippen LogP contribution in [0.5, 0.6) is 11.5 Å². The Morgan fingerprint density at radius 1 is 1.17 bits per heavy atom. The second-order valence-electron chi connectivity index (χ2n) is 6.03. The van der Waals surface area contributed by atoms with Gasteiger partial charge in [0.1, 0.15) is 5.75 Å². The number of halogens is 1. The van der Waals surface area contributed by atoms with E-state index in [1.165, 1.54) is 32.4 Å². The Labute approximate surface area is 172 Å². The molecule has 1 amide bonds. The highest BCUT2D eigenvalue weighted by Crippen LogP contribution is 2.27. The predicted octanol–water partition coefficient (Wildman–Crippen LogP) is 2.24. The summed E-state index contributed by atoms with van der Waals surface area (Å²) in [5.41, 5.74) is 0.0174. The van der Waals surface area contributed by atoms with E-state index in [2.05, 4.69) is 10.0 Å². The number of amides is 1. The number of hydrogen-bond acceptors (Lipinski definition) is 6. The van der Waals surface area contributed by atoms with Crippen LogP contribution in [0.1, 0.15) is 23.2 Å². The van der Waals surface area contributed by atoms with E-state index >= 15 is 0 Å². The van der Waals surface area contributed by atoms with E-state index in [4.69, 9.17) is 14.6 Å². The number of benzene rings is 2. The molecule has 0 aliphatic heterocycles. The number of rotatable bonds is 10. The van der Waals surface area contributed by atoms with Crippen molar-refractivity contribution in [2.75, 3.05) is 25.5 Å². The molecular weight excluding hydrogens is 419 g/mol. The first-order valence-corrected chi connectivity index (χ1v) is 10.2. The summed E-state index contributed by atoms with van der Waals surface area (Å²) in [5.74, 6) is -2.31. The number of ether oxygens (including phenoxy) is 2. The summed E-state index contributed by atoms with van der Waals surface area (Å²) in [5, 5.41) is 11.0. The van der Waals surface area contributed by atoms with Gasteiger partial charge in [-0.05, 0) is 42.8 Å². The summed E-state index contributed by atoms with van der Waals surface area (Å²) in [6, 6.07) is 7.25. The highest BCUT2D eigenvalue weighted by Gasteiger charge is 2.21. The number of sulfonamides is 1. The Morgan fingerprint density at radius 2 is 1.90 bits per heavy atom. The molecule has 3 N–H and O–H groups in total. The van der Waals surface area contributed by atoms with Crippen LogP contribution in [0.2, 0.25) is 0 Å². The van der Waals surface area contributed by atoms with E-state index in [1.807, 2.05) is 0 Å². The summed E-state index contributed by atoms with van der Waals surface area (Å²) in [6.07, 6.45) is 0.0453. The molecule has 2 aromatic carbocycles. The van der Waals surface area contributed by atoms with Gasteiger partial charge in [-0.3, -0.25) is 14.3 Å². The van der Waals surface area contributed by atoms with E-state index in [0.717, 1.165) is 18.2 Å². The molecule has 30 heavy (non-hydrogen) atoms. The third-order valence-corrected chi connectivity index (χ3v) is 5.31. The van der Waals surface area contributed by atoms with Crippen molar-refractivity contribution >= 4 is 27.6 Å². The van der Waals surface area contributed by atoms with Crippen LogP contribution in [0, 0.1) is 5.82 Å². The summed E-state index contributed by atoms with van der Waals surface area (Å²) in [4.78, 5) is 22.2. The van der Waals surface area contributed by atoms with Crippen molar-refractivity contribution in [1.82, 2.24) is 5.32 Å². The van der Waals surface area contributed by atoms with Crippen molar-refractivity contribution in [2.45, 2.75) is 17.7 Å². The van der Waals surface area contributed by atoms with Crippen molar-refractivity contribution in [1.29, 1.82) is 0 Å². The molecule has 0 aliphatic carbocycles. The fraction of sp³-hybridized carbons (Fsp3) is 0.263. The van der Waals surface area contributed by atoms with Gasteiger partial charge in [-0.15, -0.1) is 0 Å². The lowest BCUT2D eigenvalue weighted by Gasteiger charge is -2.14. The Balaban J connectivity index is 2.23. The van der Waals surface area contributed by atoms with Gasteiger partial charge < -0.3 is 19.9 Å². The average molecular weight is 440 g/mol. The molecule has 11 heteroatoms. The molecule has 0 saturated heterocycles. The number of methoxy groups -OCH3 is 1. The van der Waals surface area contributed by atoms with Crippen molar-refractivity contribution in [3.8, 4) is 11.5 Å². The molecule has 2 rings (SSSR count). The maximum absolute atomic E-state index is 14.3. The average Bonchev–Trinajstić information content (AvgIpc) is 2.71. The van der Waals surface area contributed by atoms with Gasteiger partial charge in [0.2, 0.25) is 0 Å². The summed E-state index contributed by atoms with van der Waals surface area (Å²) >= 11 is 0. The first kappa shape index (κ1) is 22.9. The SMILES string of the molecule is CNC(=O)c1cc(OC)ccc1NS(=O)(=O)c1ccc(OCCCC(=O)O)c(F)c1. The topological polar surface area (TPSA) is 131 Å². The highest BCUT2D eigenvalue weighted by molar-refractivity contribution is 7.92. The summed E-state index contributed by atoms with van der Waals surface area (Å²) < 4.78 is 52.1. The molecule has 0 saturated carbocycles. The Bertz CT molecular complexity index is 1040.